The van der Waals surface area contributed by atoms with Gasteiger partial charge >= 0.3 is 6.09 Å². The van der Waals surface area contributed by atoms with Gasteiger partial charge in [0.1, 0.15) is 11.4 Å². The molecule has 4 N–H and O–H groups in total. The smallest absolute Gasteiger partial charge is 0.407 e. The van der Waals surface area contributed by atoms with Crippen molar-refractivity contribution in [3.63, 3.8) is 0 Å². The summed E-state index contributed by atoms with van der Waals surface area (Å²) in [5, 5.41) is 3.59. The molecular formula is C23H33FN4O3. The molecule has 1 atom stereocenters. The SMILES string of the molecule is Cc1[nH]c2c(C(N)=O)cc(F)c(N3C[C@@H](NC(=O)OC(C)(C)C)CC(C)(C)C3)c2c1C. The second kappa shape index (κ2) is 7.73. The van der Waals surface area contributed by atoms with Gasteiger partial charge in [-0.05, 0) is 58.1 Å². The molecule has 1 saturated heterocycles. The zero-order valence-corrected chi connectivity index (χ0v) is 19.4. The van der Waals surface area contributed by atoms with Crippen LogP contribution in [0, 0.1) is 25.1 Å². The number of aromatic amines is 1. The van der Waals surface area contributed by atoms with Gasteiger partial charge in [-0.2, -0.15) is 0 Å². The van der Waals surface area contributed by atoms with Gasteiger partial charge in [-0.25, -0.2) is 9.18 Å². The molecule has 0 saturated carbocycles. The lowest BCUT2D eigenvalue weighted by atomic mass is 9.81. The van der Waals surface area contributed by atoms with Crippen LogP contribution < -0.4 is 16.0 Å². The average molecular weight is 433 g/mol. The molecule has 8 heteroatoms. The Bertz CT molecular complexity index is 1040. The van der Waals surface area contributed by atoms with E-state index < -0.39 is 23.4 Å². The number of benzene rings is 1. The number of piperidine rings is 1. The van der Waals surface area contributed by atoms with E-state index in [1.807, 2.05) is 39.5 Å². The Hall–Kier alpha value is -2.77. The predicted octanol–water partition coefficient (Wildman–Crippen LogP) is 4.15. The number of halogens is 1. The third-order valence-corrected chi connectivity index (χ3v) is 5.66. The number of anilines is 1. The van der Waals surface area contributed by atoms with Gasteiger partial charge in [0.05, 0.1) is 22.8 Å². The number of hydrogen-bond donors (Lipinski definition) is 3. The van der Waals surface area contributed by atoms with E-state index in [-0.39, 0.29) is 17.0 Å². The lowest BCUT2D eigenvalue weighted by Gasteiger charge is -2.44. The van der Waals surface area contributed by atoms with Crippen molar-refractivity contribution < 1.29 is 18.7 Å². The number of aryl methyl sites for hydroxylation is 2. The van der Waals surface area contributed by atoms with E-state index in [4.69, 9.17) is 10.5 Å². The summed E-state index contributed by atoms with van der Waals surface area (Å²) in [7, 11) is 0. The van der Waals surface area contributed by atoms with Crippen LogP contribution in [0.2, 0.25) is 0 Å². The van der Waals surface area contributed by atoms with E-state index in [1.54, 1.807) is 0 Å². The fraction of sp³-hybridized carbons (Fsp3) is 0.565. The zero-order valence-electron chi connectivity index (χ0n) is 19.4. The standard InChI is InChI=1S/C23H33FN4O3/c1-12-13(2)26-18-15(20(25)29)8-16(24)19(17(12)18)28-10-14(9-23(6,7)11-28)27-21(30)31-22(3,4)5/h8,14,26H,9-11H2,1-7H3,(H2,25,29)(H,27,30)/t14-/m0/s1. The first-order valence-corrected chi connectivity index (χ1v) is 10.5. The van der Waals surface area contributed by atoms with E-state index in [0.717, 1.165) is 17.7 Å². The van der Waals surface area contributed by atoms with Crippen LogP contribution in [0.5, 0.6) is 0 Å². The number of fused-ring (bicyclic) bond motifs is 1. The van der Waals surface area contributed by atoms with Gasteiger partial charge in [-0.3, -0.25) is 4.79 Å². The minimum atomic E-state index is -0.680. The molecule has 31 heavy (non-hydrogen) atoms. The maximum atomic E-state index is 15.4. The van der Waals surface area contributed by atoms with Crippen LogP contribution in [0.25, 0.3) is 10.9 Å². The predicted molar refractivity (Wildman–Crippen MR) is 120 cm³/mol. The van der Waals surface area contributed by atoms with Crippen molar-refractivity contribution in [2.45, 2.75) is 66.5 Å². The first-order valence-electron chi connectivity index (χ1n) is 10.5. The Balaban J connectivity index is 2.03. The lowest BCUT2D eigenvalue weighted by molar-refractivity contribution is 0.0484. The summed E-state index contributed by atoms with van der Waals surface area (Å²) in [4.78, 5) is 29.4. The third kappa shape index (κ3) is 4.78. The van der Waals surface area contributed by atoms with E-state index in [2.05, 4.69) is 24.1 Å². The van der Waals surface area contributed by atoms with Crippen molar-refractivity contribution >= 4 is 28.6 Å². The number of nitrogens with one attached hydrogen (secondary N) is 2. The van der Waals surface area contributed by atoms with Crippen LogP contribution in [0.15, 0.2) is 6.07 Å². The third-order valence-electron chi connectivity index (χ3n) is 5.66. The van der Waals surface area contributed by atoms with Crippen molar-refractivity contribution in [3.05, 3.63) is 28.7 Å². The summed E-state index contributed by atoms with van der Waals surface area (Å²) >= 11 is 0. The number of H-pyrrole nitrogens is 1. The summed E-state index contributed by atoms with van der Waals surface area (Å²) < 4.78 is 20.8. The minimum Gasteiger partial charge on any atom is -0.444 e. The van der Waals surface area contributed by atoms with Crippen LogP contribution in [-0.4, -0.2) is 41.7 Å². The van der Waals surface area contributed by atoms with Crippen molar-refractivity contribution in [2.24, 2.45) is 11.1 Å². The van der Waals surface area contributed by atoms with E-state index in [0.29, 0.717) is 29.7 Å². The van der Waals surface area contributed by atoms with Crippen molar-refractivity contribution in [1.82, 2.24) is 10.3 Å². The molecule has 2 amide bonds. The van der Waals surface area contributed by atoms with Crippen molar-refractivity contribution in [1.29, 1.82) is 0 Å². The fourth-order valence-corrected chi connectivity index (χ4v) is 4.49. The van der Waals surface area contributed by atoms with Crippen LogP contribution >= 0.6 is 0 Å². The zero-order chi connectivity index (χ0) is 23.3. The number of rotatable bonds is 3. The molecule has 1 aliphatic heterocycles. The quantitative estimate of drug-likeness (QED) is 0.678. The second-order valence-corrected chi connectivity index (χ2v) is 10.3. The molecule has 1 aromatic heterocycles. The van der Waals surface area contributed by atoms with Crippen LogP contribution in [0.4, 0.5) is 14.9 Å². The molecule has 1 fully saturated rings. The number of amides is 2. The fourth-order valence-electron chi connectivity index (χ4n) is 4.49. The van der Waals surface area contributed by atoms with Gasteiger partial charge < -0.3 is 25.7 Å². The minimum absolute atomic E-state index is 0.132. The topological polar surface area (TPSA) is 100 Å². The molecule has 0 spiro atoms. The van der Waals surface area contributed by atoms with Crippen molar-refractivity contribution in [3.8, 4) is 0 Å². The molecular weight excluding hydrogens is 399 g/mol. The molecule has 1 aliphatic rings. The Morgan fingerprint density at radius 3 is 2.55 bits per heavy atom. The van der Waals surface area contributed by atoms with Gasteiger partial charge in [0.15, 0.2) is 0 Å². The molecule has 3 rings (SSSR count). The first-order chi connectivity index (χ1) is 14.2. The Morgan fingerprint density at radius 1 is 1.32 bits per heavy atom. The van der Waals surface area contributed by atoms with E-state index in [9.17, 15) is 9.59 Å². The maximum Gasteiger partial charge on any atom is 0.407 e. The molecule has 0 unspecified atom stereocenters. The number of ether oxygens (including phenoxy) is 1. The van der Waals surface area contributed by atoms with Gasteiger partial charge in [0.2, 0.25) is 0 Å². The number of primary amides is 1. The average Bonchev–Trinajstić information content (AvgIpc) is 2.86. The highest BCUT2D eigenvalue weighted by molar-refractivity contribution is 6.10. The van der Waals surface area contributed by atoms with Crippen LogP contribution in [0.3, 0.4) is 0 Å². The Kier molecular flexibility index (Phi) is 5.71. The normalized spacial score (nSPS) is 18.8. The molecule has 0 aliphatic carbocycles. The molecule has 7 nitrogen and oxygen atoms in total. The van der Waals surface area contributed by atoms with E-state index >= 15 is 4.39 Å². The van der Waals surface area contributed by atoms with Crippen LogP contribution in [-0.2, 0) is 4.74 Å². The monoisotopic (exact) mass is 432 g/mol. The number of aromatic nitrogens is 1. The highest BCUT2D eigenvalue weighted by Gasteiger charge is 2.36. The number of hydrogen-bond acceptors (Lipinski definition) is 4. The highest BCUT2D eigenvalue weighted by atomic mass is 19.1. The highest BCUT2D eigenvalue weighted by Crippen LogP contribution is 2.40. The van der Waals surface area contributed by atoms with Gasteiger partial charge in [0, 0.05) is 24.2 Å². The first kappa shape index (κ1) is 22.9. The second-order valence-electron chi connectivity index (χ2n) is 10.3. The Morgan fingerprint density at radius 2 is 1.97 bits per heavy atom. The summed E-state index contributed by atoms with van der Waals surface area (Å²) in [5.41, 5.74) is 7.54. The number of carbonyl (C=O) groups is 2. The van der Waals surface area contributed by atoms with Gasteiger partial charge in [-0.15, -0.1) is 0 Å². The number of carbonyl (C=O) groups excluding carboxylic acids is 2. The number of nitrogens with zero attached hydrogens (tertiary/aromatic N) is 1. The molecule has 1 aromatic carbocycles. The van der Waals surface area contributed by atoms with Gasteiger partial charge in [0.25, 0.3) is 5.91 Å². The molecule has 0 bridgehead atoms. The Labute approximate surface area is 182 Å². The number of nitrogens with two attached hydrogens (primary N) is 1. The lowest BCUT2D eigenvalue weighted by Crippen LogP contribution is -2.54. The molecule has 0 radical (unpaired) electrons. The van der Waals surface area contributed by atoms with Crippen molar-refractivity contribution in [2.75, 3.05) is 18.0 Å². The maximum absolute atomic E-state index is 15.4. The largest absolute Gasteiger partial charge is 0.444 e. The van der Waals surface area contributed by atoms with Gasteiger partial charge in [-0.1, -0.05) is 13.8 Å². The molecule has 2 heterocycles. The summed E-state index contributed by atoms with van der Waals surface area (Å²) in [5.74, 6) is -1.18. The molecule has 170 valence electrons. The van der Waals surface area contributed by atoms with E-state index in [1.165, 1.54) is 6.07 Å². The molecule has 2 aromatic rings. The summed E-state index contributed by atoms with van der Waals surface area (Å²) in [6.07, 6.45) is 0.247. The van der Waals surface area contributed by atoms with Crippen LogP contribution in [0.1, 0.15) is 62.7 Å². The summed E-state index contributed by atoms with van der Waals surface area (Å²) in [6, 6.07) is 0.983. The number of alkyl carbamates (subject to hydrolysis) is 1. The summed E-state index contributed by atoms with van der Waals surface area (Å²) in [6.45, 7) is 14.4.